The molecule has 0 aromatic heterocycles. The second-order valence-corrected chi connectivity index (χ2v) is 4.43. The summed E-state index contributed by atoms with van der Waals surface area (Å²) in [6, 6.07) is 4.04. The van der Waals surface area contributed by atoms with Crippen molar-refractivity contribution in [3.63, 3.8) is 0 Å². The van der Waals surface area contributed by atoms with E-state index < -0.39 is 18.0 Å². The van der Waals surface area contributed by atoms with Crippen molar-refractivity contribution in [2.24, 2.45) is 0 Å². The SMILES string of the molecule is CCOC(=O)CN(C)C(=O)Nc1ccc(C)c(C(=O)O)c1. The molecule has 21 heavy (non-hydrogen) atoms. The smallest absolute Gasteiger partial charge is 0.336 e. The number of nitrogens with zero attached hydrogens (tertiary/aromatic N) is 1. The van der Waals surface area contributed by atoms with Gasteiger partial charge in [-0.25, -0.2) is 9.59 Å². The van der Waals surface area contributed by atoms with E-state index in [1.165, 1.54) is 13.1 Å². The molecule has 7 heteroatoms. The number of esters is 1. The summed E-state index contributed by atoms with van der Waals surface area (Å²) in [6.07, 6.45) is 0. The minimum Gasteiger partial charge on any atom is -0.478 e. The van der Waals surface area contributed by atoms with Crippen LogP contribution < -0.4 is 5.32 Å². The van der Waals surface area contributed by atoms with Crippen molar-refractivity contribution in [1.82, 2.24) is 4.90 Å². The molecule has 2 amide bonds. The van der Waals surface area contributed by atoms with Crippen LogP contribution in [0.3, 0.4) is 0 Å². The number of aryl methyl sites for hydroxylation is 1. The first-order valence-corrected chi connectivity index (χ1v) is 6.36. The fourth-order valence-electron chi connectivity index (χ4n) is 1.62. The lowest BCUT2D eigenvalue weighted by molar-refractivity contribution is -0.143. The number of benzene rings is 1. The van der Waals surface area contributed by atoms with Crippen molar-refractivity contribution in [1.29, 1.82) is 0 Å². The Balaban J connectivity index is 2.72. The molecular formula is C14H18N2O5. The molecule has 0 saturated heterocycles. The molecule has 0 radical (unpaired) electrons. The van der Waals surface area contributed by atoms with Gasteiger partial charge in [-0.1, -0.05) is 6.07 Å². The van der Waals surface area contributed by atoms with E-state index in [4.69, 9.17) is 9.84 Å². The maximum absolute atomic E-state index is 11.9. The van der Waals surface area contributed by atoms with Gasteiger partial charge in [0.2, 0.25) is 0 Å². The van der Waals surface area contributed by atoms with Crippen molar-refractivity contribution in [3.05, 3.63) is 29.3 Å². The summed E-state index contributed by atoms with van der Waals surface area (Å²) >= 11 is 0. The lowest BCUT2D eigenvalue weighted by atomic mass is 10.1. The Kier molecular flexibility index (Phi) is 5.71. The van der Waals surface area contributed by atoms with Crippen molar-refractivity contribution in [2.45, 2.75) is 13.8 Å². The molecule has 2 N–H and O–H groups in total. The maximum atomic E-state index is 11.9. The number of carbonyl (C=O) groups is 3. The van der Waals surface area contributed by atoms with E-state index in [1.807, 2.05) is 0 Å². The number of nitrogens with one attached hydrogen (secondary N) is 1. The molecule has 0 spiro atoms. The summed E-state index contributed by atoms with van der Waals surface area (Å²) in [5.41, 5.74) is 1.06. The number of hydrogen-bond donors (Lipinski definition) is 2. The van der Waals surface area contributed by atoms with Gasteiger partial charge in [0.1, 0.15) is 6.54 Å². The number of carbonyl (C=O) groups excluding carboxylic acids is 2. The summed E-state index contributed by atoms with van der Waals surface area (Å²) in [5, 5.41) is 11.6. The first kappa shape index (κ1) is 16.5. The van der Waals surface area contributed by atoms with E-state index in [0.29, 0.717) is 11.3 Å². The molecule has 0 unspecified atom stereocenters. The van der Waals surface area contributed by atoms with Gasteiger partial charge in [0.25, 0.3) is 0 Å². The highest BCUT2D eigenvalue weighted by Crippen LogP contribution is 2.15. The number of carboxylic acids is 1. The van der Waals surface area contributed by atoms with Gasteiger partial charge >= 0.3 is 18.0 Å². The van der Waals surface area contributed by atoms with Crippen LogP contribution in [0.2, 0.25) is 0 Å². The van der Waals surface area contributed by atoms with Crippen LogP contribution in [-0.4, -0.2) is 48.2 Å². The number of likely N-dealkylation sites (N-methyl/N-ethyl adjacent to an activating group) is 1. The van der Waals surface area contributed by atoms with Crippen LogP contribution in [0.4, 0.5) is 10.5 Å². The quantitative estimate of drug-likeness (QED) is 0.806. The number of aromatic carboxylic acids is 1. The largest absolute Gasteiger partial charge is 0.478 e. The van der Waals surface area contributed by atoms with E-state index in [-0.39, 0.29) is 18.7 Å². The molecule has 1 aromatic rings. The predicted molar refractivity (Wildman–Crippen MR) is 76.4 cm³/mol. The number of anilines is 1. The van der Waals surface area contributed by atoms with Gasteiger partial charge in [0, 0.05) is 12.7 Å². The van der Waals surface area contributed by atoms with Crippen LogP contribution in [-0.2, 0) is 9.53 Å². The van der Waals surface area contributed by atoms with Crippen LogP contribution in [0.15, 0.2) is 18.2 Å². The van der Waals surface area contributed by atoms with E-state index in [1.54, 1.807) is 26.0 Å². The average molecular weight is 294 g/mol. The first-order chi connectivity index (χ1) is 9.85. The second-order valence-electron chi connectivity index (χ2n) is 4.43. The Morgan fingerprint density at radius 3 is 2.57 bits per heavy atom. The van der Waals surface area contributed by atoms with E-state index in [0.717, 1.165) is 4.90 Å². The van der Waals surface area contributed by atoms with Crippen LogP contribution in [0, 0.1) is 6.92 Å². The van der Waals surface area contributed by atoms with Gasteiger partial charge in [0.05, 0.1) is 12.2 Å². The highest BCUT2D eigenvalue weighted by Gasteiger charge is 2.15. The first-order valence-electron chi connectivity index (χ1n) is 6.36. The topological polar surface area (TPSA) is 95.9 Å². The molecule has 0 aliphatic rings. The van der Waals surface area contributed by atoms with Gasteiger partial charge in [-0.2, -0.15) is 0 Å². The fraction of sp³-hybridized carbons (Fsp3) is 0.357. The molecule has 114 valence electrons. The second kappa shape index (κ2) is 7.28. The zero-order chi connectivity index (χ0) is 16.0. The number of urea groups is 1. The van der Waals surface area contributed by atoms with Crippen LogP contribution in [0.1, 0.15) is 22.8 Å². The Morgan fingerprint density at radius 2 is 2.00 bits per heavy atom. The Labute approximate surface area is 122 Å². The highest BCUT2D eigenvalue weighted by molar-refractivity contribution is 5.94. The van der Waals surface area contributed by atoms with Crippen molar-refractivity contribution >= 4 is 23.7 Å². The lowest BCUT2D eigenvalue weighted by Gasteiger charge is -2.17. The number of ether oxygens (including phenoxy) is 1. The average Bonchev–Trinajstić information content (AvgIpc) is 2.40. The van der Waals surface area contributed by atoms with E-state index in [2.05, 4.69) is 5.32 Å². The van der Waals surface area contributed by atoms with E-state index >= 15 is 0 Å². The summed E-state index contributed by atoms with van der Waals surface area (Å²) < 4.78 is 4.74. The zero-order valence-electron chi connectivity index (χ0n) is 12.2. The fourth-order valence-corrected chi connectivity index (χ4v) is 1.62. The number of hydrogen-bond acceptors (Lipinski definition) is 4. The van der Waals surface area contributed by atoms with Crippen molar-refractivity contribution in [2.75, 3.05) is 25.5 Å². The third kappa shape index (κ3) is 4.79. The Morgan fingerprint density at radius 1 is 1.33 bits per heavy atom. The molecule has 7 nitrogen and oxygen atoms in total. The summed E-state index contributed by atoms with van der Waals surface area (Å²) in [5.74, 6) is -1.58. The van der Waals surface area contributed by atoms with Gasteiger partial charge in [-0.05, 0) is 31.5 Å². The Hall–Kier alpha value is -2.57. The Bertz CT molecular complexity index is 556. The molecule has 0 atom stereocenters. The van der Waals surface area contributed by atoms with Gasteiger partial charge in [0.15, 0.2) is 0 Å². The number of amides is 2. The number of rotatable bonds is 5. The molecule has 0 aliphatic carbocycles. The molecule has 0 bridgehead atoms. The van der Waals surface area contributed by atoms with Gasteiger partial charge < -0.3 is 20.1 Å². The predicted octanol–water partition coefficient (Wildman–Crippen LogP) is 1.72. The summed E-state index contributed by atoms with van der Waals surface area (Å²) in [6.45, 7) is 3.41. The monoisotopic (exact) mass is 294 g/mol. The molecule has 0 heterocycles. The van der Waals surface area contributed by atoms with Crippen molar-refractivity contribution in [3.8, 4) is 0 Å². The highest BCUT2D eigenvalue weighted by atomic mass is 16.5. The van der Waals surface area contributed by atoms with Crippen LogP contribution >= 0.6 is 0 Å². The van der Waals surface area contributed by atoms with Crippen LogP contribution in [0.25, 0.3) is 0 Å². The molecule has 0 aliphatic heterocycles. The van der Waals surface area contributed by atoms with E-state index in [9.17, 15) is 14.4 Å². The minimum atomic E-state index is -1.07. The van der Waals surface area contributed by atoms with Crippen molar-refractivity contribution < 1.29 is 24.2 Å². The molecule has 1 aromatic carbocycles. The minimum absolute atomic E-state index is 0.112. The van der Waals surface area contributed by atoms with Gasteiger partial charge in [-0.3, -0.25) is 4.79 Å². The summed E-state index contributed by atoms with van der Waals surface area (Å²) in [4.78, 5) is 35.3. The molecular weight excluding hydrogens is 276 g/mol. The number of carboxylic acid groups (broad SMARTS) is 1. The normalized spacial score (nSPS) is 9.86. The van der Waals surface area contributed by atoms with Gasteiger partial charge in [-0.15, -0.1) is 0 Å². The standard InChI is InChI=1S/C14H18N2O5/c1-4-21-12(17)8-16(3)14(20)15-10-6-5-9(2)11(7-10)13(18)19/h5-7H,4,8H2,1-3H3,(H,15,20)(H,18,19). The molecule has 1 rings (SSSR count). The molecule has 0 fully saturated rings. The molecule has 0 saturated carbocycles. The summed E-state index contributed by atoms with van der Waals surface area (Å²) in [7, 11) is 1.44. The zero-order valence-corrected chi connectivity index (χ0v) is 12.2. The maximum Gasteiger partial charge on any atom is 0.336 e. The van der Waals surface area contributed by atoms with Crippen LogP contribution in [0.5, 0.6) is 0 Å². The third-order valence-electron chi connectivity index (χ3n) is 2.74. The lowest BCUT2D eigenvalue weighted by Crippen LogP contribution is -2.36. The third-order valence-corrected chi connectivity index (χ3v) is 2.74.